The topological polar surface area (TPSA) is 69.6 Å². The molecule has 2 rings (SSSR count). The van der Waals surface area contributed by atoms with Crippen LogP contribution in [0.25, 0.3) is 11.2 Å². The molecule has 2 N–H and O–H groups in total. The van der Waals surface area contributed by atoms with Gasteiger partial charge in [0.25, 0.3) is 0 Å². The van der Waals surface area contributed by atoms with E-state index in [-0.39, 0.29) is 0 Å². The summed E-state index contributed by atoms with van der Waals surface area (Å²) < 4.78 is 2.06. The van der Waals surface area contributed by atoms with Crippen molar-refractivity contribution < 1.29 is 0 Å². The van der Waals surface area contributed by atoms with Crippen LogP contribution in [-0.4, -0.2) is 26.1 Å². The lowest BCUT2D eigenvalue weighted by molar-refractivity contribution is 0.623. The first-order chi connectivity index (χ1) is 7.33. The first-order valence-corrected chi connectivity index (χ1v) is 5.15. The van der Waals surface area contributed by atoms with Crippen LogP contribution in [0, 0.1) is 6.92 Å². The average Bonchev–Trinajstić information content (AvgIpc) is 2.64. The van der Waals surface area contributed by atoms with E-state index in [1.165, 1.54) is 0 Å². The summed E-state index contributed by atoms with van der Waals surface area (Å²) in [4.78, 5) is 12.7. The van der Waals surface area contributed by atoms with Crippen LogP contribution >= 0.6 is 0 Å². The quantitative estimate of drug-likeness (QED) is 0.752. The van der Waals surface area contributed by atoms with Gasteiger partial charge in [-0.25, -0.2) is 15.0 Å². The Morgan fingerprint density at radius 2 is 2.13 bits per heavy atom. The molecule has 0 radical (unpaired) electrons. The Morgan fingerprint density at radius 3 is 2.93 bits per heavy atom. The highest BCUT2D eigenvalue weighted by atomic mass is 15.1. The number of nitrogens with two attached hydrogens (primary N) is 1. The summed E-state index contributed by atoms with van der Waals surface area (Å²) in [6.07, 6.45) is 5.50. The summed E-state index contributed by atoms with van der Waals surface area (Å²) in [5, 5.41) is 0. The fourth-order valence-electron chi connectivity index (χ4n) is 1.59. The summed E-state index contributed by atoms with van der Waals surface area (Å²) in [5.74, 6) is 0. The van der Waals surface area contributed by atoms with E-state index in [9.17, 15) is 0 Å². The smallest absolute Gasteiger partial charge is 0.163 e. The Labute approximate surface area is 88.4 Å². The first kappa shape index (κ1) is 10.0. The molecular formula is C10H15N5. The fraction of sp³-hybridized carbons (Fsp3) is 0.500. The zero-order valence-corrected chi connectivity index (χ0v) is 8.85. The summed E-state index contributed by atoms with van der Waals surface area (Å²) in [7, 11) is 0. The van der Waals surface area contributed by atoms with E-state index in [0.29, 0.717) is 0 Å². The molecule has 2 heterocycles. The molecule has 0 saturated heterocycles. The number of aryl methyl sites for hydroxylation is 2. The Bertz CT molecular complexity index is 448. The first-order valence-electron chi connectivity index (χ1n) is 5.15. The van der Waals surface area contributed by atoms with Crippen molar-refractivity contribution in [1.29, 1.82) is 0 Å². The molecule has 0 fully saturated rings. The van der Waals surface area contributed by atoms with Gasteiger partial charge in [-0.1, -0.05) is 0 Å². The maximum absolute atomic E-state index is 5.45. The molecule has 0 saturated carbocycles. The van der Waals surface area contributed by atoms with Crippen LogP contribution in [0.15, 0.2) is 12.7 Å². The van der Waals surface area contributed by atoms with Gasteiger partial charge < -0.3 is 10.3 Å². The van der Waals surface area contributed by atoms with E-state index < -0.39 is 0 Å². The van der Waals surface area contributed by atoms with Crippen molar-refractivity contribution >= 4 is 11.2 Å². The molecule has 0 atom stereocenters. The lowest BCUT2D eigenvalue weighted by Gasteiger charge is -2.02. The predicted octanol–water partition coefficient (Wildman–Crippen LogP) is 0.874. The Hall–Kier alpha value is -1.49. The maximum atomic E-state index is 5.45. The standard InChI is InChI=1S/C10H15N5/c1-8-9-10(13-6-12-8)15(7-14-9)5-3-2-4-11/h6-7H,2-5,11H2,1H3. The van der Waals surface area contributed by atoms with Crippen molar-refractivity contribution in [2.24, 2.45) is 5.73 Å². The van der Waals surface area contributed by atoms with Crippen LogP contribution < -0.4 is 5.73 Å². The second-order valence-corrected chi connectivity index (χ2v) is 3.57. The van der Waals surface area contributed by atoms with Gasteiger partial charge in [0.15, 0.2) is 5.65 Å². The number of unbranched alkanes of at least 4 members (excludes halogenated alkanes) is 1. The van der Waals surface area contributed by atoms with Gasteiger partial charge in [-0.2, -0.15) is 0 Å². The lowest BCUT2D eigenvalue weighted by atomic mass is 10.3. The number of fused-ring (bicyclic) bond motifs is 1. The minimum absolute atomic E-state index is 0.737. The maximum Gasteiger partial charge on any atom is 0.163 e. The molecule has 0 aliphatic heterocycles. The van der Waals surface area contributed by atoms with Crippen molar-refractivity contribution in [2.75, 3.05) is 6.54 Å². The third kappa shape index (κ3) is 1.97. The highest BCUT2D eigenvalue weighted by Gasteiger charge is 2.05. The van der Waals surface area contributed by atoms with Crippen LogP contribution in [0.2, 0.25) is 0 Å². The van der Waals surface area contributed by atoms with E-state index in [0.717, 1.165) is 42.8 Å². The molecule has 0 aliphatic carbocycles. The minimum atomic E-state index is 0.737. The van der Waals surface area contributed by atoms with E-state index in [2.05, 4.69) is 19.5 Å². The normalized spacial score (nSPS) is 11.1. The molecule has 2 aromatic rings. The van der Waals surface area contributed by atoms with Gasteiger partial charge in [-0.05, 0) is 26.3 Å². The number of hydrogen-bond acceptors (Lipinski definition) is 4. The zero-order chi connectivity index (χ0) is 10.7. The molecule has 80 valence electrons. The molecular weight excluding hydrogens is 190 g/mol. The molecule has 0 amide bonds. The SMILES string of the molecule is Cc1ncnc2c1ncn2CCCCN. The molecule has 0 aromatic carbocycles. The third-order valence-electron chi connectivity index (χ3n) is 2.44. The van der Waals surface area contributed by atoms with Gasteiger partial charge in [0.2, 0.25) is 0 Å². The Kier molecular flexibility index (Phi) is 2.91. The third-order valence-corrected chi connectivity index (χ3v) is 2.44. The van der Waals surface area contributed by atoms with Crippen LogP contribution in [0.4, 0.5) is 0 Å². The van der Waals surface area contributed by atoms with E-state index >= 15 is 0 Å². The van der Waals surface area contributed by atoms with Crippen molar-refractivity contribution in [2.45, 2.75) is 26.3 Å². The summed E-state index contributed by atoms with van der Waals surface area (Å²) in [6.45, 7) is 3.60. The molecule has 5 heteroatoms. The zero-order valence-electron chi connectivity index (χ0n) is 8.85. The molecule has 0 aliphatic rings. The van der Waals surface area contributed by atoms with Crippen LogP contribution in [0.1, 0.15) is 18.5 Å². The molecule has 0 bridgehead atoms. The predicted molar refractivity (Wildman–Crippen MR) is 58.3 cm³/mol. The van der Waals surface area contributed by atoms with E-state index in [1.807, 2.05) is 13.3 Å². The second kappa shape index (κ2) is 4.35. The molecule has 15 heavy (non-hydrogen) atoms. The molecule has 5 nitrogen and oxygen atoms in total. The summed E-state index contributed by atoms with van der Waals surface area (Å²) in [5.41, 5.74) is 8.19. The van der Waals surface area contributed by atoms with Crippen LogP contribution in [-0.2, 0) is 6.54 Å². The van der Waals surface area contributed by atoms with Crippen molar-refractivity contribution in [3.05, 3.63) is 18.3 Å². The van der Waals surface area contributed by atoms with Gasteiger partial charge >= 0.3 is 0 Å². The number of imidazole rings is 1. The monoisotopic (exact) mass is 205 g/mol. The summed E-state index contributed by atoms with van der Waals surface area (Å²) in [6, 6.07) is 0. The molecule has 2 aromatic heterocycles. The highest BCUT2D eigenvalue weighted by molar-refractivity contribution is 5.72. The van der Waals surface area contributed by atoms with Gasteiger partial charge in [0.1, 0.15) is 11.8 Å². The number of hydrogen-bond donors (Lipinski definition) is 1. The number of nitrogens with zero attached hydrogens (tertiary/aromatic N) is 4. The second-order valence-electron chi connectivity index (χ2n) is 3.57. The largest absolute Gasteiger partial charge is 0.330 e. The summed E-state index contributed by atoms with van der Waals surface area (Å²) >= 11 is 0. The van der Waals surface area contributed by atoms with Gasteiger partial charge in [0, 0.05) is 6.54 Å². The van der Waals surface area contributed by atoms with Crippen molar-refractivity contribution in [1.82, 2.24) is 19.5 Å². The lowest BCUT2D eigenvalue weighted by Crippen LogP contribution is -2.03. The number of rotatable bonds is 4. The van der Waals surface area contributed by atoms with Crippen molar-refractivity contribution in [3.63, 3.8) is 0 Å². The Morgan fingerprint density at radius 1 is 1.27 bits per heavy atom. The van der Waals surface area contributed by atoms with Gasteiger partial charge in [-0.3, -0.25) is 0 Å². The molecule has 0 unspecified atom stereocenters. The Balaban J connectivity index is 2.25. The molecule has 0 spiro atoms. The average molecular weight is 205 g/mol. The van der Waals surface area contributed by atoms with E-state index in [4.69, 9.17) is 5.73 Å². The van der Waals surface area contributed by atoms with E-state index in [1.54, 1.807) is 6.33 Å². The van der Waals surface area contributed by atoms with Crippen molar-refractivity contribution in [3.8, 4) is 0 Å². The van der Waals surface area contributed by atoms with Gasteiger partial charge in [0.05, 0.1) is 12.0 Å². The van der Waals surface area contributed by atoms with Gasteiger partial charge in [-0.15, -0.1) is 0 Å². The number of aromatic nitrogens is 4. The fourth-order valence-corrected chi connectivity index (χ4v) is 1.59. The minimum Gasteiger partial charge on any atom is -0.330 e. The van der Waals surface area contributed by atoms with Crippen LogP contribution in [0.3, 0.4) is 0 Å². The highest BCUT2D eigenvalue weighted by Crippen LogP contribution is 2.12. The van der Waals surface area contributed by atoms with Crippen LogP contribution in [0.5, 0.6) is 0 Å².